The number of thiazole rings is 2. The van der Waals surface area contributed by atoms with Gasteiger partial charge in [-0.2, -0.15) is 0 Å². The number of nitrogens with zero attached hydrogens (tertiary/aromatic N) is 12. The molecule has 8 aromatic rings. The van der Waals surface area contributed by atoms with E-state index in [0.29, 0.717) is 51.4 Å². The van der Waals surface area contributed by atoms with E-state index in [1.54, 1.807) is 47.5 Å². The van der Waals surface area contributed by atoms with Gasteiger partial charge in [0.05, 0.1) is 57.8 Å². The third kappa shape index (κ3) is 14.4. The number of fused-ring (bicyclic) bond motifs is 4. The minimum atomic E-state index is -0.802. The fourth-order valence-corrected chi connectivity index (χ4v) is 17.8. The molecular weight excluding hydrogens is 1390 g/mol. The van der Waals surface area contributed by atoms with Crippen molar-refractivity contribution < 1.29 is 47.8 Å². The van der Waals surface area contributed by atoms with Crippen LogP contribution in [-0.2, 0) is 45.1 Å². The maximum Gasteiger partial charge on any atom is 0.325 e. The number of benzene rings is 4. The molecule has 4 aromatic carbocycles. The number of imide groups is 4. The van der Waals surface area contributed by atoms with Gasteiger partial charge in [0.15, 0.2) is 0 Å². The molecule has 10 aliphatic rings. The average molecular weight is 1480 g/mol. The molecule has 8 fully saturated rings. The lowest BCUT2D eigenvalue weighted by Crippen LogP contribution is -2.55. The first-order valence-electron chi connectivity index (χ1n) is 36.4. The number of hydrogen-bond acceptors (Lipinski definition) is 22. The molecule has 0 unspecified atom stereocenters. The summed E-state index contributed by atoms with van der Waals surface area (Å²) >= 11 is 3.29. The van der Waals surface area contributed by atoms with Crippen LogP contribution in [-0.4, -0.2) is 195 Å². The Hall–Kier alpha value is -9.98. The highest BCUT2D eigenvalue weighted by Gasteiger charge is 2.55. The van der Waals surface area contributed by atoms with Crippen LogP contribution in [0, 0.1) is 0 Å². The van der Waals surface area contributed by atoms with Crippen LogP contribution in [0.15, 0.2) is 121 Å². The van der Waals surface area contributed by atoms with Crippen LogP contribution >= 0.6 is 22.7 Å². The van der Waals surface area contributed by atoms with Gasteiger partial charge in [-0.15, -0.1) is 22.7 Å². The van der Waals surface area contributed by atoms with Crippen LogP contribution in [0.4, 0.5) is 19.2 Å². The van der Waals surface area contributed by atoms with Crippen LogP contribution in [0.1, 0.15) is 148 Å². The van der Waals surface area contributed by atoms with Crippen molar-refractivity contribution in [1.82, 2.24) is 91.2 Å². The summed E-state index contributed by atoms with van der Waals surface area (Å²) in [5, 5.41) is 16.3. The predicted molar refractivity (Wildman–Crippen MR) is 394 cm³/mol. The fourth-order valence-electron chi connectivity index (χ4n) is 16.4. The van der Waals surface area contributed by atoms with Gasteiger partial charge in [-0.05, 0) is 149 Å². The molecule has 4 atom stereocenters. The Bertz CT molecular complexity index is 4370. The largest absolute Gasteiger partial charge is 0.493 e. The van der Waals surface area contributed by atoms with Gasteiger partial charge in [-0.1, -0.05) is 36.4 Å². The van der Waals surface area contributed by atoms with E-state index in [9.17, 15) is 38.4 Å². The van der Waals surface area contributed by atoms with Gasteiger partial charge < -0.3 is 30.7 Å². The quantitative estimate of drug-likeness (QED) is 0.0628. The van der Waals surface area contributed by atoms with E-state index < -0.39 is 22.2 Å². The average Bonchev–Trinajstić information content (AvgIpc) is 1.61. The summed E-state index contributed by atoms with van der Waals surface area (Å²) in [7, 11) is 0. The molecule has 552 valence electrons. The van der Waals surface area contributed by atoms with Crippen molar-refractivity contribution in [2.45, 2.75) is 151 Å². The van der Waals surface area contributed by atoms with Crippen molar-refractivity contribution in [3.05, 3.63) is 166 Å². The van der Waals surface area contributed by atoms with E-state index in [2.05, 4.69) is 182 Å². The van der Waals surface area contributed by atoms with Gasteiger partial charge in [0.2, 0.25) is 0 Å². The topological polar surface area (TPSA) is 324 Å². The smallest absolute Gasteiger partial charge is 0.325 e. The number of likely N-dealkylation sites (tertiary alicyclic amines) is 4. The highest BCUT2D eigenvalue weighted by molar-refractivity contribution is 7.17. The van der Waals surface area contributed by atoms with Crippen LogP contribution in [0.25, 0.3) is 20.4 Å². The monoisotopic (exact) mass is 1470 g/mol. The Morgan fingerprint density at radius 3 is 1.09 bits per heavy atom. The van der Waals surface area contributed by atoms with Crippen molar-refractivity contribution >= 4 is 90.9 Å². The first kappa shape index (κ1) is 71.6. The second-order valence-electron chi connectivity index (χ2n) is 29.2. The lowest BCUT2D eigenvalue weighted by molar-refractivity contribution is -0.134. The summed E-state index contributed by atoms with van der Waals surface area (Å²) in [6.07, 6.45) is 16.3. The molecule has 4 aromatic heterocycles. The Kier molecular flexibility index (Phi) is 20.1. The van der Waals surface area contributed by atoms with Crippen molar-refractivity contribution in [2.75, 3.05) is 65.6 Å². The zero-order valence-electron chi connectivity index (χ0n) is 59.7. The van der Waals surface area contributed by atoms with Crippen molar-refractivity contribution in [3.63, 3.8) is 0 Å². The molecule has 12 amide bonds. The van der Waals surface area contributed by atoms with Gasteiger partial charge in [0.25, 0.3) is 23.6 Å². The first-order valence-corrected chi connectivity index (χ1v) is 38.2. The summed E-state index contributed by atoms with van der Waals surface area (Å²) in [6.45, 7) is 16.7. The SMILES string of the molecule is C[C@@H](c1ccc2c(c1)OCC2)N1CCC2(CC1)NC(=O)N(Cc1cncnc1)C2=O.C[C@@H](c1ccc2scnc2c1)N1CCC2(CC1)NC(=O)NC2=O.C[C@H](c1ccc2c(c1)OCC2)N1CCC2(CC1)NC(=O)N(Cc1cncnc1)C2=O.C[C@H](c1ccc2scnc2c1)N1CCC2(CC1)NC(=O)NC2=O. The molecule has 30 heteroatoms. The predicted octanol–water partition coefficient (Wildman–Crippen LogP) is 8.18. The van der Waals surface area contributed by atoms with E-state index in [4.69, 9.17) is 9.47 Å². The second kappa shape index (κ2) is 29.8. The molecule has 10 aliphatic heterocycles. The molecular formula is C76H86N18O10S2. The Labute approximate surface area is 620 Å². The highest BCUT2D eigenvalue weighted by Crippen LogP contribution is 2.40. The van der Waals surface area contributed by atoms with Crippen LogP contribution in [0.3, 0.4) is 0 Å². The number of carbonyl (C=O) groups excluding carboxylic acids is 8. The van der Waals surface area contributed by atoms with Gasteiger partial charge in [-0.25, -0.2) is 49.1 Å². The maximum atomic E-state index is 13.1. The zero-order chi connectivity index (χ0) is 73.5. The highest BCUT2D eigenvalue weighted by atomic mass is 32.1. The summed E-state index contributed by atoms with van der Waals surface area (Å²) in [5.41, 5.74) is 11.7. The van der Waals surface area contributed by atoms with Crippen LogP contribution in [0.5, 0.6) is 11.5 Å². The molecule has 106 heavy (non-hydrogen) atoms. The first-order chi connectivity index (χ1) is 51.3. The molecule has 8 saturated heterocycles. The Morgan fingerprint density at radius 2 is 0.755 bits per heavy atom. The van der Waals surface area contributed by atoms with E-state index in [1.165, 1.54) is 65.2 Å². The number of amides is 12. The lowest BCUT2D eigenvalue weighted by atomic mass is 9.86. The number of ether oxygens (including phenoxy) is 2. The third-order valence-electron chi connectivity index (χ3n) is 23.3. The third-order valence-corrected chi connectivity index (χ3v) is 24.9. The number of hydrogen-bond donors (Lipinski definition) is 6. The number of carbonyl (C=O) groups is 8. The minimum Gasteiger partial charge on any atom is -0.493 e. The molecule has 0 aliphatic carbocycles. The van der Waals surface area contributed by atoms with Crippen molar-refractivity contribution in [3.8, 4) is 11.5 Å². The second-order valence-corrected chi connectivity index (χ2v) is 31.0. The van der Waals surface area contributed by atoms with Crippen molar-refractivity contribution in [1.29, 1.82) is 0 Å². The Morgan fingerprint density at radius 1 is 0.425 bits per heavy atom. The van der Waals surface area contributed by atoms with Crippen molar-refractivity contribution in [2.24, 2.45) is 0 Å². The number of nitrogens with one attached hydrogen (secondary N) is 6. The number of rotatable bonds is 12. The van der Waals surface area contributed by atoms with Gasteiger partial charge in [0, 0.05) is 125 Å². The molecule has 14 heterocycles. The molecule has 0 saturated carbocycles. The number of urea groups is 4. The van der Waals surface area contributed by atoms with Gasteiger partial charge in [-0.3, -0.25) is 59.2 Å². The minimum absolute atomic E-state index is 0.144. The molecule has 18 rings (SSSR count). The van der Waals surface area contributed by atoms with Gasteiger partial charge in [0.1, 0.15) is 46.3 Å². The molecule has 0 bridgehead atoms. The molecule has 28 nitrogen and oxygen atoms in total. The van der Waals surface area contributed by atoms with Gasteiger partial charge >= 0.3 is 24.1 Å². The zero-order valence-corrected chi connectivity index (χ0v) is 61.3. The van der Waals surface area contributed by atoms with Crippen LogP contribution < -0.4 is 41.4 Å². The molecule has 4 spiro atoms. The summed E-state index contributed by atoms with van der Waals surface area (Å²) < 4.78 is 13.8. The normalized spacial score (nSPS) is 21.8. The number of piperidine rings is 4. The molecule has 6 N–H and O–H groups in total. The lowest BCUT2D eigenvalue weighted by Gasteiger charge is -2.40. The maximum absolute atomic E-state index is 13.1. The Balaban J connectivity index is 0.000000114. The van der Waals surface area contributed by atoms with E-state index >= 15 is 0 Å². The fraction of sp³-hybridized carbons (Fsp3) is 0.447. The van der Waals surface area contributed by atoms with E-state index in [1.807, 2.05) is 11.0 Å². The standard InChI is InChI=1S/2C22H25N5O3.2C16H18N4O2S/c2*1-15(18-3-2-17-4-9-30-19(17)10-18)26-7-5-22(6-8-26)20(28)27(21(29)25-22)13-16-11-23-14-24-12-16;2*1-10(11-2-3-13-12(8-11)17-9-23-13)20-6-4-16(5-7-20)14(21)18-15(22)19-16/h2*2-3,10-12,14-15H,4-9,13H2,1H3,(H,25,29);2*2-3,8-10H,4-7H2,1H3,(H2,18,19,21,22)/t2*15-;2*10-/m1010/s1. The number of aromatic nitrogens is 6. The summed E-state index contributed by atoms with van der Waals surface area (Å²) in [4.78, 5) is 135. The molecule has 0 radical (unpaired) electrons. The van der Waals surface area contributed by atoms with E-state index in [-0.39, 0.29) is 85.0 Å². The van der Waals surface area contributed by atoms with E-state index in [0.717, 1.165) is 112 Å². The van der Waals surface area contributed by atoms with Crippen LogP contribution in [0.2, 0.25) is 0 Å². The summed E-state index contributed by atoms with van der Waals surface area (Å²) in [5.74, 6) is 1.33. The summed E-state index contributed by atoms with van der Waals surface area (Å²) in [6, 6.07) is 25.4.